The van der Waals surface area contributed by atoms with Crippen molar-refractivity contribution < 1.29 is 0 Å². The number of nitrogens with two attached hydrogens (primary N) is 1. The maximum Gasteiger partial charge on any atom is 0.0513 e. The average molecular weight is 283 g/mol. The van der Waals surface area contributed by atoms with Crippen LogP contribution in [0.4, 0.5) is 5.69 Å². The zero-order valence-corrected chi connectivity index (χ0v) is 11.3. The molecule has 1 aliphatic rings. The number of nitrogens with zero attached hydrogens (tertiary/aromatic N) is 1. The molecule has 1 unspecified atom stereocenters. The van der Waals surface area contributed by atoms with Gasteiger partial charge in [0, 0.05) is 17.1 Å². The van der Waals surface area contributed by atoms with E-state index in [1.165, 1.54) is 35.1 Å². The van der Waals surface area contributed by atoms with E-state index in [1.54, 1.807) is 0 Å². The first-order valence-electron chi connectivity index (χ1n) is 5.97. The fourth-order valence-corrected chi connectivity index (χ4v) is 3.05. The highest BCUT2D eigenvalue weighted by molar-refractivity contribution is 9.10. The summed E-state index contributed by atoms with van der Waals surface area (Å²) in [6.45, 7) is 4.19. The van der Waals surface area contributed by atoms with E-state index >= 15 is 0 Å². The van der Waals surface area contributed by atoms with Crippen LogP contribution in [0.15, 0.2) is 22.7 Å². The molecule has 0 aliphatic carbocycles. The molecule has 0 aromatic heterocycles. The third kappa shape index (κ3) is 2.41. The van der Waals surface area contributed by atoms with Gasteiger partial charge in [-0.1, -0.05) is 6.07 Å². The van der Waals surface area contributed by atoms with Gasteiger partial charge in [-0.05, 0) is 66.4 Å². The quantitative estimate of drug-likeness (QED) is 0.924. The van der Waals surface area contributed by atoms with E-state index in [0.29, 0.717) is 12.6 Å². The molecule has 1 atom stereocenters. The molecule has 2 N–H and O–H groups in total. The first-order valence-corrected chi connectivity index (χ1v) is 6.77. The van der Waals surface area contributed by atoms with E-state index in [4.69, 9.17) is 5.73 Å². The monoisotopic (exact) mass is 282 g/mol. The van der Waals surface area contributed by atoms with Crippen LogP contribution in [0.3, 0.4) is 0 Å². The topological polar surface area (TPSA) is 29.3 Å². The Morgan fingerprint density at radius 2 is 2.31 bits per heavy atom. The SMILES string of the molecule is CC1CCCN1c1ccc(CCN)cc1Br. The highest BCUT2D eigenvalue weighted by atomic mass is 79.9. The van der Waals surface area contributed by atoms with Crippen LogP contribution in [0.25, 0.3) is 0 Å². The molecule has 2 rings (SSSR count). The molecule has 1 heterocycles. The zero-order valence-electron chi connectivity index (χ0n) is 9.75. The Kier molecular flexibility index (Phi) is 3.87. The summed E-state index contributed by atoms with van der Waals surface area (Å²) < 4.78 is 1.20. The molecule has 16 heavy (non-hydrogen) atoms. The molecule has 0 saturated carbocycles. The number of hydrogen-bond donors (Lipinski definition) is 1. The average Bonchev–Trinajstić information content (AvgIpc) is 2.65. The van der Waals surface area contributed by atoms with Crippen LogP contribution in [-0.4, -0.2) is 19.1 Å². The predicted molar refractivity (Wildman–Crippen MR) is 72.9 cm³/mol. The van der Waals surface area contributed by atoms with Gasteiger partial charge in [-0.3, -0.25) is 0 Å². The van der Waals surface area contributed by atoms with Crippen molar-refractivity contribution >= 4 is 21.6 Å². The number of hydrogen-bond acceptors (Lipinski definition) is 2. The van der Waals surface area contributed by atoms with Crippen molar-refractivity contribution in [3.8, 4) is 0 Å². The van der Waals surface area contributed by atoms with Crippen LogP contribution in [0.2, 0.25) is 0 Å². The van der Waals surface area contributed by atoms with Gasteiger partial charge in [0.05, 0.1) is 5.69 Å². The molecule has 0 spiro atoms. The molecule has 88 valence electrons. The Labute approximate surface area is 106 Å². The Morgan fingerprint density at radius 1 is 1.50 bits per heavy atom. The van der Waals surface area contributed by atoms with E-state index < -0.39 is 0 Å². The van der Waals surface area contributed by atoms with Gasteiger partial charge in [0.1, 0.15) is 0 Å². The molecule has 1 fully saturated rings. The van der Waals surface area contributed by atoms with Crippen molar-refractivity contribution in [2.75, 3.05) is 18.0 Å². The fraction of sp³-hybridized carbons (Fsp3) is 0.538. The minimum absolute atomic E-state index is 0.664. The second-order valence-electron chi connectivity index (χ2n) is 4.51. The Bertz CT molecular complexity index is 365. The van der Waals surface area contributed by atoms with Crippen molar-refractivity contribution in [1.82, 2.24) is 0 Å². The molecule has 1 saturated heterocycles. The first kappa shape index (κ1) is 11.9. The maximum absolute atomic E-state index is 5.57. The highest BCUT2D eigenvalue weighted by Crippen LogP contribution is 2.32. The second kappa shape index (κ2) is 5.19. The normalized spacial score (nSPS) is 20.4. The van der Waals surface area contributed by atoms with Crippen LogP contribution in [-0.2, 0) is 6.42 Å². The lowest BCUT2D eigenvalue weighted by Crippen LogP contribution is -2.26. The van der Waals surface area contributed by atoms with E-state index in [-0.39, 0.29) is 0 Å². The van der Waals surface area contributed by atoms with Crippen molar-refractivity contribution in [3.05, 3.63) is 28.2 Å². The molecule has 3 heteroatoms. The Balaban J connectivity index is 2.21. The molecule has 1 aromatic carbocycles. The number of rotatable bonds is 3. The summed E-state index contributed by atoms with van der Waals surface area (Å²) in [5, 5.41) is 0. The molecule has 1 aromatic rings. The number of benzene rings is 1. The lowest BCUT2D eigenvalue weighted by molar-refractivity contribution is 0.734. The van der Waals surface area contributed by atoms with E-state index in [2.05, 4.69) is 46.0 Å². The Hall–Kier alpha value is -0.540. The van der Waals surface area contributed by atoms with Gasteiger partial charge in [0.25, 0.3) is 0 Å². The summed E-state index contributed by atoms with van der Waals surface area (Å²) in [6.07, 6.45) is 3.56. The fourth-order valence-electron chi connectivity index (χ4n) is 2.40. The Morgan fingerprint density at radius 3 is 2.88 bits per heavy atom. The molecular weight excluding hydrogens is 264 g/mol. The summed E-state index contributed by atoms with van der Waals surface area (Å²) in [4.78, 5) is 2.48. The van der Waals surface area contributed by atoms with Crippen LogP contribution in [0, 0.1) is 0 Å². The molecule has 2 nitrogen and oxygen atoms in total. The van der Waals surface area contributed by atoms with Gasteiger partial charge >= 0.3 is 0 Å². The summed E-state index contributed by atoms with van der Waals surface area (Å²) in [7, 11) is 0. The maximum atomic E-state index is 5.57. The zero-order chi connectivity index (χ0) is 11.5. The molecule has 1 aliphatic heterocycles. The summed E-state index contributed by atoms with van der Waals surface area (Å²) >= 11 is 3.67. The van der Waals surface area contributed by atoms with Gasteiger partial charge in [-0.2, -0.15) is 0 Å². The largest absolute Gasteiger partial charge is 0.368 e. The van der Waals surface area contributed by atoms with Crippen molar-refractivity contribution in [2.24, 2.45) is 5.73 Å². The molecule has 0 radical (unpaired) electrons. The van der Waals surface area contributed by atoms with Crippen LogP contribution >= 0.6 is 15.9 Å². The lowest BCUT2D eigenvalue weighted by atomic mass is 10.1. The standard InChI is InChI=1S/C13H19BrN2/c1-10-3-2-8-16(10)13-5-4-11(6-7-15)9-12(13)14/h4-5,9-10H,2-3,6-8,15H2,1H3. The third-order valence-corrected chi connectivity index (χ3v) is 3.94. The highest BCUT2D eigenvalue weighted by Gasteiger charge is 2.21. The van der Waals surface area contributed by atoms with Gasteiger partial charge in [0.15, 0.2) is 0 Å². The minimum Gasteiger partial charge on any atom is -0.368 e. The van der Waals surface area contributed by atoms with Gasteiger partial charge in [0.2, 0.25) is 0 Å². The van der Waals surface area contributed by atoms with Crippen LogP contribution in [0.5, 0.6) is 0 Å². The number of halogens is 1. The van der Waals surface area contributed by atoms with Gasteiger partial charge < -0.3 is 10.6 Å². The second-order valence-corrected chi connectivity index (χ2v) is 5.36. The third-order valence-electron chi connectivity index (χ3n) is 3.31. The van der Waals surface area contributed by atoms with Crippen molar-refractivity contribution in [1.29, 1.82) is 0 Å². The summed E-state index contributed by atoms with van der Waals surface area (Å²) in [6, 6.07) is 7.28. The van der Waals surface area contributed by atoms with Crippen LogP contribution < -0.4 is 10.6 Å². The number of anilines is 1. The smallest absolute Gasteiger partial charge is 0.0513 e. The van der Waals surface area contributed by atoms with E-state index in [9.17, 15) is 0 Å². The lowest BCUT2D eigenvalue weighted by Gasteiger charge is -2.25. The van der Waals surface area contributed by atoms with Crippen LogP contribution in [0.1, 0.15) is 25.3 Å². The minimum atomic E-state index is 0.664. The summed E-state index contributed by atoms with van der Waals surface area (Å²) in [5.74, 6) is 0. The summed E-state index contributed by atoms with van der Waals surface area (Å²) in [5.41, 5.74) is 8.20. The van der Waals surface area contributed by atoms with E-state index in [1.807, 2.05) is 0 Å². The molecule has 0 amide bonds. The van der Waals surface area contributed by atoms with E-state index in [0.717, 1.165) is 6.42 Å². The van der Waals surface area contributed by atoms with Gasteiger partial charge in [-0.15, -0.1) is 0 Å². The molecule has 0 bridgehead atoms. The first-order chi connectivity index (χ1) is 7.72. The molecular formula is C13H19BrN2. The van der Waals surface area contributed by atoms with Gasteiger partial charge in [-0.25, -0.2) is 0 Å². The predicted octanol–water partition coefficient (Wildman–Crippen LogP) is 2.94. The van der Waals surface area contributed by atoms with Crippen molar-refractivity contribution in [3.63, 3.8) is 0 Å². The van der Waals surface area contributed by atoms with Crippen molar-refractivity contribution in [2.45, 2.75) is 32.2 Å².